The number of fused-ring (bicyclic) bond motifs is 1. The third-order valence-electron chi connectivity index (χ3n) is 6.10. The molecule has 1 heterocycles. The van der Waals surface area contributed by atoms with E-state index in [2.05, 4.69) is 60.5 Å². The number of nitrogens with zero attached hydrogens (tertiary/aromatic N) is 1. The summed E-state index contributed by atoms with van der Waals surface area (Å²) in [6, 6.07) is 24.5. The van der Waals surface area contributed by atoms with Crippen molar-refractivity contribution in [3.8, 4) is 5.75 Å². The minimum absolute atomic E-state index is 0.0332. The minimum Gasteiger partial charge on any atom is -0.497 e. The first kappa shape index (κ1) is 21.9. The van der Waals surface area contributed by atoms with E-state index in [4.69, 9.17) is 4.74 Å². The predicted molar refractivity (Wildman–Crippen MR) is 130 cm³/mol. The van der Waals surface area contributed by atoms with Crippen LogP contribution in [0.1, 0.15) is 53.4 Å². The number of para-hydroxylation sites is 1. The van der Waals surface area contributed by atoms with Gasteiger partial charge in [-0.2, -0.15) is 0 Å². The van der Waals surface area contributed by atoms with Gasteiger partial charge in [-0.05, 0) is 65.8 Å². The van der Waals surface area contributed by atoms with Crippen LogP contribution in [0.25, 0.3) is 0 Å². The maximum atomic E-state index is 13.0. The number of amides is 1. The average molecular weight is 429 g/mol. The molecule has 0 spiro atoms. The Morgan fingerprint density at radius 2 is 1.72 bits per heavy atom. The molecule has 3 aromatic rings. The maximum Gasteiger partial charge on any atom is 0.251 e. The third-order valence-corrected chi connectivity index (χ3v) is 6.10. The van der Waals surface area contributed by atoms with Crippen LogP contribution in [0.3, 0.4) is 0 Å². The van der Waals surface area contributed by atoms with Crippen molar-refractivity contribution in [2.24, 2.45) is 5.92 Å². The monoisotopic (exact) mass is 428 g/mol. The lowest BCUT2D eigenvalue weighted by molar-refractivity contribution is 0.0932. The van der Waals surface area contributed by atoms with Crippen LogP contribution in [0.2, 0.25) is 0 Å². The van der Waals surface area contributed by atoms with Gasteiger partial charge in [0.2, 0.25) is 0 Å². The molecular weight excluding hydrogens is 396 g/mol. The summed E-state index contributed by atoms with van der Waals surface area (Å²) in [6.07, 6.45) is 1.98. The first-order valence-corrected chi connectivity index (χ1v) is 11.4. The zero-order valence-corrected chi connectivity index (χ0v) is 19.2. The smallest absolute Gasteiger partial charge is 0.251 e. The quantitative estimate of drug-likeness (QED) is 0.495. The van der Waals surface area contributed by atoms with Crippen molar-refractivity contribution in [3.05, 3.63) is 95.1 Å². The molecule has 4 rings (SSSR count). The Kier molecular flexibility index (Phi) is 6.79. The van der Waals surface area contributed by atoms with Crippen LogP contribution in [0.4, 0.5) is 5.69 Å². The lowest BCUT2D eigenvalue weighted by Crippen LogP contribution is -2.29. The Bertz CT molecular complexity index is 1040. The van der Waals surface area contributed by atoms with Crippen LogP contribution in [-0.4, -0.2) is 19.6 Å². The summed E-state index contributed by atoms with van der Waals surface area (Å²) in [5.74, 6) is 1.25. The van der Waals surface area contributed by atoms with Gasteiger partial charge < -0.3 is 15.0 Å². The van der Waals surface area contributed by atoms with Gasteiger partial charge in [0.25, 0.3) is 5.91 Å². The number of anilines is 1. The number of carbonyl (C=O) groups is 1. The molecule has 0 fully saturated rings. The highest BCUT2D eigenvalue weighted by molar-refractivity contribution is 5.94. The van der Waals surface area contributed by atoms with E-state index in [1.165, 1.54) is 16.8 Å². The van der Waals surface area contributed by atoms with Gasteiger partial charge in [-0.1, -0.05) is 56.3 Å². The summed E-state index contributed by atoms with van der Waals surface area (Å²) in [5, 5.41) is 3.23. The van der Waals surface area contributed by atoms with Crippen LogP contribution in [0.5, 0.6) is 5.75 Å². The van der Waals surface area contributed by atoms with E-state index in [1.807, 2.05) is 36.4 Å². The van der Waals surface area contributed by atoms with Crippen LogP contribution < -0.4 is 15.0 Å². The highest BCUT2D eigenvalue weighted by atomic mass is 16.5. The van der Waals surface area contributed by atoms with Crippen molar-refractivity contribution in [2.75, 3.05) is 18.6 Å². The lowest BCUT2D eigenvalue weighted by atomic mass is 9.96. The summed E-state index contributed by atoms with van der Waals surface area (Å²) in [5.41, 5.74) is 5.74. The topological polar surface area (TPSA) is 41.6 Å². The average Bonchev–Trinajstić information content (AvgIpc) is 3.21. The summed E-state index contributed by atoms with van der Waals surface area (Å²) < 4.78 is 5.27. The zero-order chi connectivity index (χ0) is 22.5. The Labute approximate surface area is 191 Å². The highest BCUT2D eigenvalue weighted by Gasteiger charge is 2.20. The molecule has 32 heavy (non-hydrogen) atoms. The first-order chi connectivity index (χ1) is 15.5. The van der Waals surface area contributed by atoms with E-state index in [1.54, 1.807) is 7.11 Å². The molecule has 0 saturated heterocycles. The van der Waals surface area contributed by atoms with Crippen molar-refractivity contribution >= 4 is 11.6 Å². The van der Waals surface area contributed by atoms with E-state index in [-0.39, 0.29) is 11.9 Å². The molecular formula is C28H32N2O2. The summed E-state index contributed by atoms with van der Waals surface area (Å²) in [6.45, 7) is 6.25. The zero-order valence-electron chi connectivity index (χ0n) is 19.2. The summed E-state index contributed by atoms with van der Waals surface area (Å²) >= 11 is 0. The van der Waals surface area contributed by atoms with Crippen molar-refractivity contribution in [1.82, 2.24) is 5.32 Å². The maximum absolute atomic E-state index is 13.0. The number of carbonyl (C=O) groups excluding carboxylic acids is 1. The fourth-order valence-corrected chi connectivity index (χ4v) is 4.38. The van der Waals surface area contributed by atoms with Crippen LogP contribution in [0.15, 0.2) is 72.8 Å². The second kappa shape index (κ2) is 9.90. The van der Waals surface area contributed by atoms with E-state index in [0.717, 1.165) is 37.2 Å². The van der Waals surface area contributed by atoms with Gasteiger partial charge >= 0.3 is 0 Å². The van der Waals surface area contributed by atoms with Gasteiger partial charge in [0.15, 0.2) is 0 Å². The van der Waals surface area contributed by atoms with Gasteiger partial charge in [-0.25, -0.2) is 0 Å². The predicted octanol–water partition coefficient (Wildman–Crippen LogP) is 5.78. The molecule has 0 bridgehead atoms. The molecule has 0 aliphatic carbocycles. The van der Waals surface area contributed by atoms with Gasteiger partial charge in [0, 0.05) is 24.3 Å². The standard InChI is InChI=1S/C28H32N2O2/c1-20(2)18-26(22-12-14-25(32-3)15-13-22)29-28(31)24-10-8-21(9-11-24)19-30-17-16-23-6-4-5-7-27(23)30/h4-15,20,26H,16-19H2,1-3H3,(H,29,31). The van der Waals surface area contributed by atoms with Crippen molar-refractivity contribution in [3.63, 3.8) is 0 Å². The van der Waals surface area contributed by atoms with E-state index in [0.29, 0.717) is 11.5 Å². The molecule has 1 aliphatic heterocycles. The van der Waals surface area contributed by atoms with Gasteiger partial charge in [0.1, 0.15) is 5.75 Å². The molecule has 0 aromatic heterocycles. The number of nitrogens with one attached hydrogen (secondary N) is 1. The molecule has 1 unspecified atom stereocenters. The summed E-state index contributed by atoms with van der Waals surface area (Å²) in [7, 11) is 1.66. The second-order valence-corrected chi connectivity index (χ2v) is 8.93. The Morgan fingerprint density at radius 1 is 1.00 bits per heavy atom. The number of benzene rings is 3. The normalized spacial score (nSPS) is 13.7. The molecule has 1 amide bonds. The second-order valence-electron chi connectivity index (χ2n) is 8.93. The first-order valence-electron chi connectivity index (χ1n) is 11.4. The minimum atomic E-state index is -0.0375. The van der Waals surface area contributed by atoms with Gasteiger partial charge in [-0.3, -0.25) is 4.79 Å². The third kappa shape index (κ3) is 5.13. The Balaban J connectivity index is 1.42. The summed E-state index contributed by atoms with van der Waals surface area (Å²) in [4.78, 5) is 15.4. The van der Waals surface area contributed by atoms with Crippen LogP contribution in [0, 0.1) is 5.92 Å². The lowest BCUT2D eigenvalue weighted by Gasteiger charge is -2.22. The number of hydrogen-bond donors (Lipinski definition) is 1. The van der Waals surface area contributed by atoms with E-state index >= 15 is 0 Å². The number of rotatable bonds is 8. The van der Waals surface area contributed by atoms with Gasteiger partial charge in [0.05, 0.1) is 13.2 Å². The number of ether oxygens (including phenoxy) is 1. The Morgan fingerprint density at radius 3 is 2.41 bits per heavy atom. The molecule has 0 radical (unpaired) electrons. The Hall–Kier alpha value is -3.27. The molecule has 1 aliphatic rings. The highest BCUT2D eigenvalue weighted by Crippen LogP contribution is 2.29. The molecule has 0 saturated carbocycles. The van der Waals surface area contributed by atoms with Crippen LogP contribution >= 0.6 is 0 Å². The van der Waals surface area contributed by atoms with Crippen LogP contribution in [-0.2, 0) is 13.0 Å². The molecule has 1 N–H and O–H groups in total. The van der Waals surface area contributed by atoms with Crippen molar-refractivity contribution in [1.29, 1.82) is 0 Å². The van der Waals surface area contributed by atoms with Crippen molar-refractivity contribution in [2.45, 2.75) is 39.3 Å². The van der Waals surface area contributed by atoms with Gasteiger partial charge in [-0.15, -0.1) is 0 Å². The van der Waals surface area contributed by atoms with Crippen molar-refractivity contribution < 1.29 is 9.53 Å². The fourth-order valence-electron chi connectivity index (χ4n) is 4.38. The van der Waals surface area contributed by atoms with E-state index < -0.39 is 0 Å². The number of methoxy groups -OCH3 is 1. The molecule has 166 valence electrons. The fraction of sp³-hybridized carbons (Fsp3) is 0.321. The molecule has 4 heteroatoms. The van der Waals surface area contributed by atoms with E-state index in [9.17, 15) is 4.79 Å². The number of hydrogen-bond acceptors (Lipinski definition) is 3. The molecule has 4 nitrogen and oxygen atoms in total. The molecule has 3 aromatic carbocycles. The largest absolute Gasteiger partial charge is 0.497 e. The SMILES string of the molecule is COc1ccc(C(CC(C)C)NC(=O)c2ccc(CN3CCc4ccccc43)cc2)cc1. The molecule has 1 atom stereocenters.